The summed E-state index contributed by atoms with van der Waals surface area (Å²) in [5.74, 6) is 1.01. The molecule has 0 aliphatic carbocycles. The third-order valence-electron chi connectivity index (χ3n) is 2.46. The van der Waals surface area contributed by atoms with E-state index in [0.29, 0.717) is 0 Å². The van der Waals surface area contributed by atoms with Gasteiger partial charge in [0.1, 0.15) is 11.5 Å². The SMILES string of the molecule is COc1cccc(O)c1C(C)N(C)C. The maximum atomic E-state index is 9.74. The molecule has 78 valence electrons. The summed E-state index contributed by atoms with van der Waals surface area (Å²) in [5, 5.41) is 9.74. The van der Waals surface area contributed by atoms with Crippen molar-refractivity contribution in [1.82, 2.24) is 4.90 Å². The number of hydrogen-bond acceptors (Lipinski definition) is 3. The summed E-state index contributed by atoms with van der Waals surface area (Å²) in [6, 6.07) is 5.44. The van der Waals surface area contributed by atoms with Crippen molar-refractivity contribution in [3.05, 3.63) is 23.8 Å². The molecular weight excluding hydrogens is 178 g/mol. The summed E-state index contributed by atoms with van der Waals surface area (Å²) in [6.45, 7) is 2.03. The number of hydrogen-bond donors (Lipinski definition) is 1. The molecule has 0 aliphatic heterocycles. The number of nitrogens with zero attached hydrogens (tertiary/aromatic N) is 1. The Hall–Kier alpha value is -1.22. The van der Waals surface area contributed by atoms with Crippen molar-refractivity contribution in [3.8, 4) is 11.5 Å². The highest BCUT2D eigenvalue weighted by Crippen LogP contribution is 2.34. The topological polar surface area (TPSA) is 32.7 Å². The molecule has 0 spiro atoms. The minimum Gasteiger partial charge on any atom is -0.507 e. The fourth-order valence-electron chi connectivity index (χ4n) is 1.39. The second kappa shape index (κ2) is 4.33. The van der Waals surface area contributed by atoms with Crippen LogP contribution in [-0.2, 0) is 0 Å². The highest BCUT2D eigenvalue weighted by Gasteiger charge is 2.17. The zero-order chi connectivity index (χ0) is 10.7. The number of aromatic hydroxyl groups is 1. The average Bonchev–Trinajstić information content (AvgIpc) is 2.16. The summed E-state index contributed by atoms with van der Waals surface area (Å²) in [4.78, 5) is 2.03. The number of phenols is 1. The van der Waals surface area contributed by atoms with Crippen LogP contribution in [0.5, 0.6) is 11.5 Å². The molecule has 0 saturated carbocycles. The first-order valence-corrected chi connectivity index (χ1v) is 4.60. The Bertz CT molecular complexity index is 310. The lowest BCUT2D eigenvalue weighted by atomic mass is 10.1. The van der Waals surface area contributed by atoms with Crippen LogP contribution in [0.3, 0.4) is 0 Å². The number of benzene rings is 1. The average molecular weight is 195 g/mol. The first-order chi connectivity index (χ1) is 6.57. The van der Waals surface area contributed by atoms with E-state index in [0.717, 1.165) is 11.3 Å². The minimum absolute atomic E-state index is 0.131. The number of rotatable bonds is 3. The summed E-state index contributed by atoms with van der Waals surface area (Å²) >= 11 is 0. The lowest BCUT2D eigenvalue weighted by molar-refractivity contribution is 0.298. The molecule has 0 aliphatic rings. The van der Waals surface area contributed by atoms with E-state index in [2.05, 4.69) is 0 Å². The van der Waals surface area contributed by atoms with Gasteiger partial charge >= 0.3 is 0 Å². The van der Waals surface area contributed by atoms with Crippen molar-refractivity contribution < 1.29 is 9.84 Å². The van der Waals surface area contributed by atoms with E-state index < -0.39 is 0 Å². The van der Waals surface area contributed by atoms with Gasteiger partial charge in [0.25, 0.3) is 0 Å². The van der Waals surface area contributed by atoms with Crippen molar-refractivity contribution in [2.45, 2.75) is 13.0 Å². The summed E-state index contributed by atoms with van der Waals surface area (Å²) in [6.07, 6.45) is 0. The normalized spacial score (nSPS) is 12.9. The Morgan fingerprint density at radius 3 is 2.50 bits per heavy atom. The van der Waals surface area contributed by atoms with E-state index in [1.54, 1.807) is 19.2 Å². The van der Waals surface area contributed by atoms with Crippen molar-refractivity contribution in [2.24, 2.45) is 0 Å². The maximum absolute atomic E-state index is 9.74. The highest BCUT2D eigenvalue weighted by molar-refractivity contribution is 5.45. The predicted octanol–water partition coefficient (Wildman–Crippen LogP) is 2.02. The van der Waals surface area contributed by atoms with Crippen LogP contribution in [0.25, 0.3) is 0 Å². The first-order valence-electron chi connectivity index (χ1n) is 4.60. The molecule has 0 bridgehead atoms. The van der Waals surface area contributed by atoms with Crippen LogP contribution in [0.1, 0.15) is 18.5 Å². The van der Waals surface area contributed by atoms with Crippen LogP contribution < -0.4 is 4.74 Å². The van der Waals surface area contributed by atoms with Crippen molar-refractivity contribution in [1.29, 1.82) is 0 Å². The lowest BCUT2D eigenvalue weighted by Crippen LogP contribution is -2.17. The monoisotopic (exact) mass is 195 g/mol. The van der Waals surface area contributed by atoms with Gasteiger partial charge < -0.3 is 14.7 Å². The summed E-state index contributed by atoms with van der Waals surface area (Å²) < 4.78 is 5.21. The molecule has 14 heavy (non-hydrogen) atoms. The summed E-state index contributed by atoms with van der Waals surface area (Å²) in [7, 11) is 5.55. The van der Waals surface area contributed by atoms with Gasteiger partial charge in [0.05, 0.1) is 12.7 Å². The number of ether oxygens (including phenoxy) is 1. The Morgan fingerprint density at radius 1 is 1.36 bits per heavy atom. The fourth-order valence-corrected chi connectivity index (χ4v) is 1.39. The predicted molar refractivity (Wildman–Crippen MR) is 56.8 cm³/mol. The van der Waals surface area contributed by atoms with Crippen LogP contribution in [0.4, 0.5) is 0 Å². The molecule has 1 aromatic rings. The molecule has 1 rings (SSSR count). The molecule has 0 saturated heterocycles. The molecule has 3 heteroatoms. The standard InChI is InChI=1S/C11H17NO2/c1-8(12(2)3)11-9(13)6-5-7-10(11)14-4/h5-8,13H,1-4H3. The molecule has 0 fully saturated rings. The third-order valence-corrected chi connectivity index (χ3v) is 2.46. The Labute approximate surface area is 84.9 Å². The number of phenolic OH excluding ortho intramolecular Hbond substituents is 1. The molecule has 0 heterocycles. The summed E-state index contributed by atoms with van der Waals surface area (Å²) in [5.41, 5.74) is 0.833. The zero-order valence-electron chi connectivity index (χ0n) is 9.11. The van der Waals surface area contributed by atoms with E-state index in [1.165, 1.54) is 0 Å². The van der Waals surface area contributed by atoms with Gasteiger partial charge in [-0.15, -0.1) is 0 Å². The van der Waals surface area contributed by atoms with Gasteiger partial charge in [0.15, 0.2) is 0 Å². The van der Waals surface area contributed by atoms with Crippen LogP contribution in [0.2, 0.25) is 0 Å². The quantitative estimate of drug-likeness (QED) is 0.801. The zero-order valence-corrected chi connectivity index (χ0v) is 9.11. The first kappa shape index (κ1) is 10.9. The molecular formula is C11H17NO2. The lowest BCUT2D eigenvalue weighted by Gasteiger charge is -2.22. The second-order valence-electron chi connectivity index (χ2n) is 3.53. The van der Waals surface area contributed by atoms with Gasteiger partial charge in [-0.1, -0.05) is 6.07 Å². The minimum atomic E-state index is 0.131. The Morgan fingerprint density at radius 2 is 2.00 bits per heavy atom. The van der Waals surface area contributed by atoms with Gasteiger partial charge in [-0.2, -0.15) is 0 Å². The molecule has 0 amide bonds. The highest BCUT2D eigenvalue weighted by atomic mass is 16.5. The smallest absolute Gasteiger partial charge is 0.127 e. The molecule has 3 nitrogen and oxygen atoms in total. The van der Waals surface area contributed by atoms with Gasteiger partial charge in [-0.3, -0.25) is 0 Å². The molecule has 1 aromatic carbocycles. The Balaban J connectivity index is 3.16. The van der Waals surface area contributed by atoms with Crippen molar-refractivity contribution >= 4 is 0 Å². The van der Waals surface area contributed by atoms with Crippen LogP contribution in [0, 0.1) is 0 Å². The molecule has 1 unspecified atom stereocenters. The van der Waals surface area contributed by atoms with Gasteiger partial charge in [-0.25, -0.2) is 0 Å². The van der Waals surface area contributed by atoms with E-state index in [1.807, 2.05) is 32.0 Å². The largest absolute Gasteiger partial charge is 0.507 e. The van der Waals surface area contributed by atoms with E-state index in [4.69, 9.17) is 4.74 Å². The van der Waals surface area contributed by atoms with Crippen LogP contribution in [-0.4, -0.2) is 31.2 Å². The molecule has 0 radical (unpaired) electrons. The van der Waals surface area contributed by atoms with Crippen LogP contribution in [0.15, 0.2) is 18.2 Å². The van der Waals surface area contributed by atoms with Gasteiger partial charge in [0, 0.05) is 6.04 Å². The van der Waals surface area contributed by atoms with Crippen LogP contribution >= 0.6 is 0 Å². The fraction of sp³-hybridized carbons (Fsp3) is 0.455. The van der Waals surface area contributed by atoms with E-state index in [-0.39, 0.29) is 11.8 Å². The van der Waals surface area contributed by atoms with Crippen molar-refractivity contribution in [2.75, 3.05) is 21.2 Å². The molecule has 1 atom stereocenters. The third kappa shape index (κ3) is 1.99. The van der Waals surface area contributed by atoms with Gasteiger partial charge in [-0.05, 0) is 33.2 Å². The van der Waals surface area contributed by atoms with Gasteiger partial charge in [0.2, 0.25) is 0 Å². The molecule has 1 N–H and O–H groups in total. The maximum Gasteiger partial charge on any atom is 0.127 e. The Kier molecular flexibility index (Phi) is 3.36. The van der Waals surface area contributed by atoms with Crippen molar-refractivity contribution in [3.63, 3.8) is 0 Å². The second-order valence-corrected chi connectivity index (χ2v) is 3.53. The van der Waals surface area contributed by atoms with E-state index in [9.17, 15) is 5.11 Å². The molecule has 0 aromatic heterocycles. The van der Waals surface area contributed by atoms with E-state index >= 15 is 0 Å². The number of methoxy groups -OCH3 is 1.